The summed E-state index contributed by atoms with van der Waals surface area (Å²) in [6, 6.07) is 6.68. The van der Waals surface area contributed by atoms with Gasteiger partial charge in [-0.05, 0) is 48.5 Å². The van der Waals surface area contributed by atoms with E-state index in [0.29, 0.717) is 11.3 Å². The molecule has 0 aliphatic rings. The largest absolute Gasteiger partial charge is 0.459 e. The van der Waals surface area contributed by atoms with Crippen LogP contribution in [0.5, 0.6) is 0 Å². The first-order chi connectivity index (χ1) is 8.58. The van der Waals surface area contributed by atoms with Gasteiger partial charge in [-0.1, -0.05) is 5.10 Å². The van der Waals surface area contributed by atoms with E-state index < -0.39 is 0 Å². The molecule has 0 unspecified atom stereocenters. The van der Waals surface area contributed by atoms with Crippen LogP contribution >= 0.6 is 0 Å². The number of anilines is 1. The second-order valence-electron chi connectivity index (χ2n) is 3.95. The number of carbonyl (C=O) groups is 1. The second-order valence-corrected chi connectivity index (χ2v) is 3.95. The van der Waals surface area contributed by atoms with Gasteiger partial charge < -0.3 is 10.5 Å². The fraction of sp³-hybridized carbons (Fsp3) is 0.273. The van der Waals surface area contributed by atoms with Crippen LogP contribution in [0.15, 0.2) is 24.3 Å². The molecule has 1 aromatic carbocycles. The minimum Gasteiger partial charge on any atom is -0.459 e. The summed E-state index contributed by atoms with van der Waals surface area (Å²) in [5, 5.41) is 10.7. The van der Waals surface area contributed by atoms with Crippen molar-refractivity contribution in [1.29, 1.82) is 0 Å². The van der Waals surface area contributed by atoms with Crippen molar-refractivity contribution in [2.45, 2.75) is 20.0 Å². The average Bonchev–Trinajstić information content (AvgIpc) is 2.75. The predicted octanol–water partition coefficient (Wildman–Crippen LogP) is 0.810. The third-order valence-corrected chi connectivity index (χ3v) is 2.18. The molecule has 0 atom stereocenters. The Balaban J connectivity index is 2.21. The molecule has 0 saturated heterocycles. The monoisotopic (exact) mass is 247 g/mol. The number of nitrogens with two attached hydrogens (primary N) is 1. The normalized spacial score (nSPS) is 10.6. The van der Waals surface area contributed by atoms with Crippen LogP contribution in [0.1, 0.15) is 24.2 Å². The number of nitrogen functional groups attached to an aromatic ring is 1. The summed E-state index contributed by atoms with van der Waals surface area (Å²) in [5.41, 5.74) is 6.72. The molecule has 2 aromatic rings. The smallest absolute Gasteiger partial charge is 0.338 e. The molecule has 18 heavy (non-hydrogen) atoms. The van der Waals surface area contributed by atoms with Crippen molar-refractivity contribution in [2.75, 3.05) is 5.73 Å². The highest BCUT2D eigenvalue weighted by Crippen LogP contribution is 2.12. The number of tetrazole rings is 1. The lowest BCUT2D eigenvalue weighted by atomic mass is 10.2. The third kappa shape index (κ3) is 2.45. The molecule has 0 bridgehead atoms. The van der Waals surface area contributed by atoms with Crippen LogP contribution in [0.4, 0.5) is 5.95 Å². The number of aromatic nitrogens is 4. The Hall–Kier alpha value is -2.44. The van der Waals surface area contributed by atoms with Gasteiger partial charge in [-0.3, -0.25) is 0 Å². The van der Waals surface area contributed by atoms with Crippen molar-refractivity contribution in [3.8, 4) is 5.69 Å². The number of ether oxygens (including phenoxy) is 1. The van der Waals surface area contributed by atoms with E-state index in [1.54, 1.807) is 38.1 Å². The maximum Gasteiger partial charge on any atom is 0.338 e. The van der Waals surface area contributed by atoms with E-state index in [9.17, 15) is 4.79 Å². The predicted molar refractivity (Wildman–Crippen MR) is 64.1 cm³/mol. The molecule has 0 spiro atoms. The van der Waals surface area contributed by atoms with Crippen LogP contribution in [0.2, 0.25) is 0 Å². The van der Waals surface area contributed by atoms with Gasteiger partial charge in [-0.15, -0.1) is 0 Å². The fourth-order valence-electron chi connectivity index (χ4n) is 1.40. The van der Waals surface area contributed by atoms with Gasteiger partial charge in [0.05, 0.1) is 17.4 Å². The first-order valence-corrected chi connectivity index (χ1v) is 5.43. The highest BCUT2D eigenvalue weighted by molar-refractivity contribution is 5.89. The number of hydrogen-bond donors (Lipinski definition) is 1. The van der Waals surface area contributed by atoms with Crippen LogP contribution < -0.4 is 5.73 Å². The van der Waals surface area contributed by atoms with Crippen LogP contribution in [0, 0.1) is 0 Å². The molecule has 7 heteroatoms. The van der Waals surface area contributed by atoms with Crippen molar-refractivity contribution in [2.24, 2.45) is 0 Å². The van der Waals surface area contributed by atoms with E-state index in [1.165, 1.54) is 4.68 Å². The maximum absolute atomic E-state index is 11.6. The molecule has 1 aromatic heterocycles. The van der Waals surface area contributed by atoms with Crippen molar-refractivity contribution in [1.82, 2.24) is 20.2 Å². The Morgan fingerprint density at radius 1 is 1.33 bits per heavy atom. The van der Waals surface area contributed by atoms with Gasteiger partial charge in [0.25, 0.3) is 0 Å². The lowest BCUT2D eigenvalue weighted by Crippen LogP contribution is -2.11. The zero-order chi connectivity index (χ0) is 13.1. The van der Waals surface area contributed by atoms with Gasteiger partial charge in [0, 0.05) is 0 Å². The molecular formula is C11H13N5O2. The number of esters is 1. The van der Waals surface area contributed by atoms with Crippen molar-refractivity contribution in [3.05, 3.63) is 29.8 Å². The summed E-state index contributed by atoms with van der Waals surface area (Å²) >= 11 is 0. The molecule has 1 heterocycles. The molecule has 0 radical (unpaired) electrons. The van der Waals surface area contributed by atoms with E-state index in [1.807, 2.05) is 0 Å². The maximum atomic E-state index is 11.6. The first-order valence-electron chi connectivity index (χ1n) is 5.43. The van der Waals surface area contributed by atoms with Crippen LogP contribution in [-0.2, 0) is 4.74 Å². The van der Waals surface area contributed by atoms with E-state index in [-0.39, 0.29) is 18.0 Å². The molecule has 0 saturated carbocycles. The Labute approximate surface area is 104 Å². The summed E-state index contributed by atoms with van der Waals surface area (Å²) in [6.07, 6.45) is -0.146. The summed E-state index contributed by atoms with van der Waals surface area (Å²) in [6.45, 7) is 3.60. The van der Waals surface area contributed by atoms with Gasteiger partial charge in [0.2, 0.25) is 5.95 Å². The molecule has 0 aliphatic carbocycles. The van der Waals surface area contributed by atoms with Gasteiger partial charge in [0.15, 0.2) is 0 Å². The van der Waals surface area contributed by atoms with E-state index in [2.05, 4.69) is 15.5 Å². The topological polar surface area (TPSA) is 95.9 Å². The number of carbonyl (C=O) groups excluding carboxylic acids is 1. The number of nitrogens with zero attached hydrogens (tertiary/aromatic N) is 4. The number of rotatable bonds is 3. The summed E-state index contributed by atoms with van der Waals surface area (Å²) in [4.78, 5) is 11.6. The van der Waals surface area contributed by atoms with Gasteiger partial charge in [-0.25, -0.2) is 4.79 Å². The first kappa shape index (κ1) is 12.0. The molecule has 7 nitrogen and oxygen atoms in total. The van der Waals surface area contributed by atoms with Gasteiger partial charge in [0.1, 0.15) is 0 Å². The SMILES string of the molecule is CC(C)OC(=O)c1ccc(-n2nnnc2N)cc1. The Morgan fingerprint density at radius 3 is 2.50 bits per heavy atom. The Bertz CT molecular complexity index is 547. The summed E-state index contributed by atoms with van der Waals surface area (Å²) in [5.74, 6) is -0.172. The third-order valence-electron chi connectivity index (χ3n) is 2.18. The van der Waals surface area contributed by atoms with Crippen molar-refractivity contribution >= 4 is 11.9 Å². The molecule has 0 aliphatic heterocycles. The van der Waals surface area contributed by atoms with Crippen LogP contribution in [-0.4, -0.2) is 32.3 Å². The zero-order valence-corrected chi connectivity index (χ0v) is 10.1. The Kier molecular flexibility index (Phi) is 3.22. The Morgan fingerprint density at radius 2 is 2.00 bits per heavy atom. The van der Waals surface area contributed by atoms with E-state index in [0.717, 1.165) is 0 Å². The number of benzene rings is 1. The molecule has 94 valence electrons. The van der Waals surface area contributed by atoms with E-state index >= 15 is 0 Å². The van der Waals surface area contributed by atoms with Crippen molar-refractivity contribution < 1.29 is 9.53 Å². The second kappa shape index (κ2) is 4.82. The minimum atomic E-state index is -0.360. The lowest BCUT2D eigenvalue weighted by molar-refractivity contribution is 0.0378. The van der Waals surface area contributed by atoms with E-state index in [4.69, 9.17) is 10.5 Å². The molecule has 0 fully saturated rings. The summed E-state index contributed by atoms with van der Waals surface area (Å²) in [7, 11) is 0. The van der Waals surface area contributed by atoms with Gasteiger partial charge >= 0.3 is 5.97 Å². The van der Waals surface area contributed by atoms with Crippen molar-refractivity contribution in [3.63, 3.8) is 0 Å². The molecule has 2 rings (SSSR count). The standard InChI is InChI=1S/C11H13N5O2/c1-7(2)18-10(17)8-3-5-9(6-4-8)16-11(12)13-14-15-16/h3-7H,1-2H3,(H2,12,13,15). The van der Waals surface area contributed by atoms with Crippen LogP contribution in [0.3, 0.4) is 0 Å². The minimum absolute atomic E-state index is 0.146. The molecule has 0 amide bonds. The average molecular weight is 247 g/mol. The highest BCUT2D eigenvalue weighted by atomic mass is 16.5. The zero-order valence-electron chi connectivity index (χ0n) is 10.1. The lowest BCUT2D eigenvalue weighted by Gasteiger charge is -2.08. The summed E-state index contributed by atoms with van der Waals surface area (Å²) < 4.78 is 6.45. The van der Waals surface area contributed by atoms with Gasteiger partial charge in [-0.2, -0.15) is 4.68 Å². The quantitative estimate of drug-likeness (QED) is 0.806. The number of hydrogen-bond acceptors (Lipinski definition) is 6. The molecule has 2 N–H and O–H groups in total. The highest BCUT2D eigenvalue weighted by Gasteiger charge is 2.10. The van der Waals surface area contributed by atoms with Crippen LogP contribution in [0.25, 0.3) is 5.69 Å². The fourth-order valence-corrected chi connectivity index (χ4v) is 1.40. The molecular weight excluding hydrogens is 234 g/mol.